The van der Waals surface area contributed by atoms with Crippen LogP contribution in [0, 0.1) is 12.8 Å². The van der Waals surface area contributed by atoms with Crippen LogP contribution in [-0.4, -0.2) is 28.8 Å². The Kier molecular flexibility index (Phi) is 4.96. The van der Waals surface area contributed by atoms with Gasteiger partial charge in [-0.25, -0.2) is 0 Å². The molecule has 19 heavy (non-hydrogen) atoms. The number of hydrogen-bond acceptors (Lipinski definition) is 4. The third kappa shape index (κ3) is 3.80. The summed E-state index contributed by atoms with van der Waals surface area (Å²) in [6.07, 6.45) is 5.92. The number of esters is 1. The highest BCUT2D eigenvalue weighted by Gasteiger charge is 2.27. The van der Waals surface area contributed by atoms with Gasteiger partial charge in [0.15, 0.2) is 0 Å². The Hall–Kier alpha value is -1.36. The predicted molar refractivity (Wildman–Crippen MR) is 72.5 cm³/mol. The SMILES string of the molecule is CCOC(=O)C1CCCC(NCc2cn[nH]c2C)C1. The molecule has 1 aromatic rings. The molecule has 2 N–H and O–H groups in total. The van der Waals surface area contributed by atoms with Gasteiger partial charge >= 0.3 is 5.97 Å². The van der Waals surface area contributed by atoms with Crippen molar-refractivity contribution in [1.82, 2.24) is 15.5 Å². The Morgan fingerprint density at radius 1 is 1.58 bits per heavy atom. The maximum Gasteiger partial charge on any atom is 0.308 e. The number of nitrogens with zero attached hydrogens (tertiary/aromatic N) is 1. The lowest BCUT2D eigenvalue weighted by Gasteiger charge is -2.28. The molecule has 106 valence electrons. The average Bonchev–Trinajstić information content (AvgIpc) is 2.82. The standard InChI is InChI=1S/C14H23N3O2/c1-3-19-14(18)11-5-4-6-13(7-11)15-8-12-9-16-17-10(12)2/h9,11,13,15H,3-8H2,1-2H3,(H,16,17). The van der Waals surface area contributed by atoms with Crippen LogP contribution in [0.2, 0.25) is 0 Å². The van der Waals surface area contributed by atoms with Crippen molar-refractivity contribution in [2.45, 2.75) is 52.1 Å². The highest BCUT2D eigenvalue weighted by molar-refractivity contribution is 5.72. The highest BCUT2D eigenvalue weighted by Crippen LogP contribution is 2.25. The summed E-state index contributed by atoms with van der Waals surface area (Å²) in [6, 6.07) is 0.400. The van der Waals surface area contributed by atoms with E-state index in [9.17, 15) is 4.79 Å². The minimum absolute atomic E-state index is 0.0338. The molecule has 2 rings (SSSR count). The topological polar surface area (TPSA) is 67.0 Å². The van der Waals surface area contributed by atoms with Crippen molar-refractivity contribution in [3.63, 3.8) is 0 Å². The van der Waals surface area contributed by atoms with Gasteiger partial charge in [0.1, 0.15) is 0 Å². The fourth-order valence-electron chi connectivity index (χ4n) is 2.66. The fraction of sp³-hybridized carbons (Fsp3) is 0.714. The van der Waals surface area contributed by atoms with Gasteiger partial charge in [0.25, 0.3) is 0 Å². The van der Waals surface area contributed by atoms with Gasteiger partial charge in [-0.3, -0.25) is 9.89 Å². The van der Waals surface area contributed by atoms with E-state index in [1.54, 1.807) is 0 Å². The molecule has 1 saturated carbocycles. The van der Waals surface area contributed by atoms with Crippen LogP contribution in [0.5, 0.6) is 0 Å². The quantitative estimate of drug-likeness (QED) is 0.798. The van der Waals surface area contributed by atoms with Crippen molar-refractivity contribution >= 4 is 5.97 Å². The number of H-pyrrole nitrogens is 1. The lowest BCUT2D eigenvalue weighted by Crippen LogP contribution is -2.36. The molecule has 5 heteroatoms. The first-order valence-corrected chi connectivity index (χ1v) is 7.09. The molecule has 1 aromatic heterocycles. The number of aromatic amines is 1. The molecule has 0 aromatic carbocycles. The smallest absolute Gasteiger partial charge is 0.308 e. The van der Waals surface area contributed by atoms with Gasteiger partial charge in [-0.1, -0.05) is 6.42 Å². The van der Waals surface area contributed by atoms with Gasteiger partial charge in [0, 0.05) is 23.8 Å². The van der Waals surface area contributed by atoms with Crippen LogP contribution in [0.4, 0.5) is 0 Å². The molecule has 2 atom stereocenters. The van der Waals surface area contributed by atoms with Crippen molar-refractivity contribution < 1.29 is 9.53 Å². The largest absolute Gasteiger partial charge is 0.466 e. The number of nitrogens with one attached hydrogen (secondary N) is 2. The summed E-state index contributed by atoms with van der Waals surface area (Å²) < 4.78 is 5.12. The summed E-state index contributed by atoms with van der Waals surface area (Å²) in [5, 5.41) is 10.5. The zero-order chi connectivity index (χ0) is 13.7. The molecule has 5 nitrogen and oxygen atoms in total. The van der Waals surface area contributed by atoms with E-state index < -0.39 is 0 Å². The van der Waals surface area contributed by atoms with Gasteiger partial charge in [-0.05, 0) is 33.1 Å². The number of aryl methyl sites for hydroxylation is 1. The van der Waals surface area contributed by atoms with E-state index in [4.69, 9.17) is 4.74 Å². The third-order valence-corrected chi connectivity index (χ3v) is 3.81. The molecule has 1 aliphatic carbocycles. The molecular formula is C14H23N3O2. The van der Waals surface area contributed by atoms with E-state index in [2.05, 4.69) is 15.5 Å². The average molecular weight is 265 g/mol. The van der Waals surface area contributed by atoms with Crippen LogP contribution in [0.1, 0.15) is 43.9 Å². The van der Waals surface area contributed by atoms with E-state index >= 15 is 0 Å². The van der Waals surface area contributed by atoms with Gasteiger partial charge < -0.3 is 10.1 Å². The first-order chi connectivity index (χ1) is 9.20. The van der Waals surface area contributed by atoms with Crippen LogP contribution < -0.4 is 5.32 Å². The van der Waals surface area contributed by atoms with Crippen LogP contribution in [0.3, 0.4) is 0 Å². The number of aromatic nitrogens is 2. The minimum Gasteiger partial charge on any atom is -0.466 e. The second kappa shape index (κ2) is 6.70. The Morgan fingerprint density at radius 2 is 2.42 bits per heavy atom. The Morgan fingerprint density at radius 3 is 3.11 bits per heavy atom. The van der Waals surface area contributed by atoms with E-state index in [1.807, 2.05) is 20.0 Å². The summed E-state index contributed by atoms with van der Waals surface area (Å²) >= 11 is 0. The molecular weight excluding hydrogens is 242 g/mol. The van der Waals surface area contributed by atoms with Crippen LogP contribution >= 0.6 is 0 Å². The zero-order valence-corrected chi connectivity index (χ0v) is 11.7. The summed E-state index contributed by atoms with van der Waals surface area (Å²) in [7, 11) is 0. The number of rotatable bonds is 5. The van der Waals surface area contributed by atoms with Gasteiger partial charge in [0.05, 0.1) is 18.7 Å². The van der Waals surface area contributed by atoms with Gasteiger partial charge in [-0.2, -0.15) is 5.10 Å². The fourth-order valence-corrected chi connectivity index (χ4v) is 2.66. The Bertz CT molecular complexity index is 417. The van der Waals surface area contributed by atoms with E-state index in [0.717, 1.165) is 37.9 Å². The van der Waals surface area contributed by atoms with Crippen molar-refractivity contribution in [3.05, 3.63) is 17.5 Å². The summed E-state index contributed by atoms with van der Waals surface area (Å²) in [6.45, 7) is 5.16. The number of carbonyl (C=O) groups is 1. The van der Waals surface area contributed by atoms with E-state index in [0.29, 0.717) is 12.6 Å². The van der Waals surface area contributed by atoms with Gasteiger partial charge in [0.2, 0.25) is 0 Å². The molecule has 1 fully saturated rings. The molecule has 0 aliphatic heterocycles. The summed E-state index contributed by atoms with van der Waals surface area (Å²) in [5.74, 6) is 0.0325. The number of ether oxygens (including phenoxy) is 1. The first kappa shape index (κ1) is 14.1. The van der Waals surface area contributed by atoms with Crippen molar-refractivity contribution in [3.8, 4) is 0 Å². The molecule has 0 amide bonds. The Labute approximate surface area is 114 Å². The molecule has 1 heterocycles. The number of hydrogen-bond donors (Lipinski definition) is 2. The van der Waals surface area contributed by atoms with Crippen LogP contribution in [0.15, 0.2) is 6.20 Å². The molecule has 0 radical (unpaired) electrons. The van der Waals surface area contributed by atoms with Crippen LogP contribution in [-0.2, 0) is 16.1 Å². The molecule has 0 spiro atoms. The van der Waals surface area contributed by atoms with Crippen LogP contribution in [0.25, 0.3) is 0 Å². The molecule has 0 saturated heterocycles. The monoisotopic (exact) mass is 265 g/mol. The lowest BCUT2D eigenvalue weighted by molar-refractivity contribution is -0.149. The summed E-state index contributed by atoms with van der Waals surface area (Å²) in [4.78, 5) is 11.8. The first-order valence-electron chi connectivity index (χ1n) is 7.09. The third-order valence-electron chi connectivity index (χ3n) is 3.81. The van der Waals surface area contributed by atoms with Gasteiger partial charge in [-0.15, -0.1) is 0 Å². The maximum atomic E-state index is 11.8. The second-order valence-electron chi connectivity index (χ2n) is 5.21. The number of carbonyl (C=O) groups excluding carboxylic acids is 1. The Balaban J connectivity index is 1.81. The zero-order valence-electron chi connectivity index (χ0n) is 11.7. The molecule has 1 aliphatic rings. The minimum atomic E-state index is -0.0338. The second-order valence-corrected chi connectivity index (χ2v) is 5.21. The molecule has 2 unspecified atom stereocenters. The summed E-state index contributed by atoms with van der Waals surface area (Å²) in [5.41, 5.74) is 2.29. The highest BCUT2D eigenvalue weighted by atomic mass is 16.5. The predicted octanol–water partition coefficient (Wildman–Crippen LogP) is 1.93. The van der Waals surface area contributed by atoms with Crippen molar-refractivity contribution in [1.29, 1.82) is 0 Å². The van der Waals surface area contributed by atoms with Crippen molar-refractivity contribution in [2.24, 2.45) is 5.92 Å². The normalized spacial score (nSPS) is 23.3. The molecule has 0 bridgehead atoms. The van der Waals surface area contributed by atoms with Crippen molar-refractivity contribution in [2.75, 3.05) is 6.61 Å². The maximum absolute atomic E-state index is 11.8. The van der Waals surface area contributed by atoms with E-state index in [1.165, 1.54) is 5.56 Å². The lowest BCUT2D eigenvalue weighted by atomic mass is 9.85. The van der Waals surface area contributed by atoms with E-state index in [-0.39, 0.29) is 11.9 Å².